The van der Waals surface area contributed by atoms with Gasteiger partial charge in [-0.1, -0.05) is 140 Å². The third-order valence-corrected chi connectivity index (χ3v) is 11.1. The van der Waals surface area contributed by atoms with E-state index in [1.54, 1.807) is 0 Å². The van der Waals surface area contributed by atoms with Crippen LogP contribution in [0.3, 0.4) is 0 Å². The third-order valence-electron chi connectivity index (χ3n) is 11.1. The maximum absolute atomic E-state index is 6.75. The summed E-state index contributed by atoms with van der Waals surface area (Å²) in [6.45, 7) is 0. The highest BCUT2D eigenvalue weighted by Crippen LogP contribution is 2.43. The van der Waals surface area contributed by atoms with Gasteiger partial charge >= 0.3 is 0 Å². The first kappa shape index (κ1) is 31.5. The minimum absolute atomic E-state index is 0.587. The van der Waals surface area contributed by atoms with Gasteiger partial charge in [0.25, 0.3) is 0 Å². The molecule has 0 aliphatic rings. The molecule has 266 valence electrons. The molecule has 0 atom stereocenters. The van der Waals surface area contributed by atoms with E-state index in [0.717, 1.165) is 88.4 Å². The number of furan rings is 2. The Hall–Kier alpha value is -7.83. The van der Waals surface area contributed by atoms with Crippen LogP contribution in [0.5, 0.6) is 0 Å². The van der Waals surface area contributed by atoms with Crippen LogP contribution in [0.15, 0.2) is 191 Å². The van der Waals surface area contributed by atoms with Gasteiger partial charge in [-0.2, -0.15) is 0 Å². The molecule has 4 heterocycles. The number of rotatable bonds is 5. The molecule has 0 bridgehead atoms. The van der Waals surface area contributed by atoms with Gasteiger partial charge in [0.2, 0.25) is 0 Å². The van der Waals surface area contributed by atoms with Crippen LogP contribution in [-0.4, -0.2) is 19.5 Å². The molecule has 0 N–H and O–H groups in total. The summed E-state index contributed by atoms with van der Waals surface area (Å²) in [6, 6.07) is 62.5. The monoisotopic (exact) mass is 730 g/mol. The van der Waals surface area contributed by atoms with Crippen molar-refractivity contribution in [2.45, 2.75) is 0 Å². The lowest BCUT2D eigenvalue weighted by atomic mass is 9.99. The second-order valence-electron chi connectivity index (χ2n) is 14.3. The molecule has 0 aliphatic carbocycles. The van der Waals surface area contributed by atoms with Crippen LogP contribution in [-0.2, 0) is 0 Å². The Morgan fingerprint density at radius 1 is 0.351 bits per heavy atom. The van der Waals surface area contributed by atoms with E-state index in [0.29, 0.717) is 17.5 Å². The molecule has 0 aliphatic heterocycles. The van der Waals surface area contributed by atoms with Crippen LogP contribution in [0.4, 0.5) is 0 Å². The molecule has 0 radical (unpaired) electrons. The summed E-state index contributed by atoms with van der Waals surface area (Å²) >= 11 is 0. The molecule has 0 saturated carbocycles. The van der Waals surface area contributed by atoms with Crippen molar-refractivity contribution in [3.05, 3.63) is 182 Å². The van der Waals surface area contributed by atoms with Gasteiger partial charge < -0.3 is 13.4 Å². The SMILES string of the molecule is c1ccc(-c2nc(-c3ccccc3)nc(-c3cccc4oc5c(-c6ccc7c(c6)oc6cccc(-n8c9ccccc9c9ccccc98)c67)cccc5c34)n2)cc1. The molecule has 0 fully saturated rings. The number of hydrogen-bond acceptors (Lipinski definition) is 5. The van der Waals surface area contributed by atoms with E-state index < -0.39 is 0 Å². The fourth-order valence-corrected chi connectivity index (χ4v) is 8.53. The fraction of sp³-hybridized carbons (Fsp3) is 0. The molecule has 4 aromatic heterocycles. The lowest BCUT2D eigenvalue weighted by molar-refractivity contribution is 0.668. The Morgan fingerprint density at radius 3 is 1.61 bits per heavy atom. The maximum atomic E-state index is 6.75. The largest absolute Gasteiger partial charge is 0.456 e. The van der Waals surface area contributed by atoms with Crippen LogP contribution in [0.2, 0.25) is 0 Å². The minimum atomic E-state index is 0.587. The second kappa shape index (κ2) is 12.3. The molecule has 12 aromatic rings. The lowest BCUT2D eigenvalue weighted by Crippen LogP contribution is -2.00. The topological polar surface area (TPSA) is 69.9 Å². The average molecular weight is 731 g/mol. The number of nitrogens with zero attached hydrogens (tertiary/aromatic N) is 4. The van der Waals surface area contributed by atoms with E-state index in [1.165, 1.54) is 10.8 Å². The Kier molecular flexibility index (Phi) is 6.83. The van der Waals surface area contributed by atoms with Crippen LogP contribution in [0.25, 0.3) is 117 Å². The summed E-state index contributed by atoms with van der Waals surface area (Å²) in [6.07, 6.45) is 0. The zero-order chi connectivity index (χ0) is 37.5. The van der Waals surface area contributed by atoms with Crippen molar-refractivity contribution >= 4 is 65.7 Å². The quantitative estimate of drug-likeness (QED) is 0.176. The molecule has 0 amide bonds. The van der Waals surface area contributed by atoms with Crippen LogP contribution in [0.1, 0.15) is 0 Å². The Morgan fingerprint density at radius 2 is 0.912 bits per heavy atom. The van der Waals surface area contributed by atoms with Crippen molar-refractivity contribution in [2.75, 3.05) is 0 Å². The van der Waals surface area contributed by atoms with E-state index in [1.807, 2.05) is 72.8 Å². The molecule has 0 saturated heterocycles. The van der Waals surface area contributed by atoms with Gasteiger partial charge in [0.05, 0.1) is 22.1 Å². The highest BCUT2D eigenvalue weighted by atomic mass is 16.3. The number of fused-ring (bicyclic) bond motifs is 9. The molecular weight excluding hydrogens is 701 g/mol. The predicted molar refractivity (Wildman–Crippen MR) is 230 cm³/mol. The fourth-order valence-electron chi connectivity index (χ4n) is 8.53. The van der Waals surface area contributed by atoms with Gasteiger partial charge in [-0.3, -0.25) is 0 Å². The molecule has 0 unspecified atom stereocenters. The van der Waals surface area contributed by atoms with Crippen molar-refractivity contribution < 1.29 is 8.83 Å². The summed E-state index contributed by atoms with van der Waals surface area (Å²) < 4.78 is 15.8. The van der Waals surface area contributed by atoms with Crippen molar-refractivity contribution in [1.29, 1.82) is 0 Å². The molecule has 6 nitrogen and oxygen atoms in total. The molecule has 12 rings (SSSR count). The van der Waals surface area contributed by atoms with Crippen molar-refractivity contribution in [3.8, 4) is 51.0 Å². The number of para-hydroxylation sites is 3. The van der Waals surface area contributed by atoms with Gasteiger partial charge in [-0.25, -0.2) is 15.0 Å². The zero-order valence-electron chi connectivity index (χ0n) is 30.4. The average Bonchev–Trinajstić information content (AvgIpc) is 3.96. The first-order valence-corrected chi connectivity index (χ1v) is 19.0. The highest BCUT2D eigenvalue weighted by Gasteiger charge is 2.21. The Bertz CT molecular complexity index is 3410. The second-order valence-corrected chi connectivity index (χ2v) is 14.3. The Labute approximate surface area is 325 Å². The van der Waals surface area contributed by atoms with E-state index in [9.17, 15) is 0 Å². The summed E-state index contributed by atoms with van der Waals surface area (Å²) in [5.41, 5.74) is 11.3. The predicted octanol–water partition coefficient (Wildman–Crippen LogP) is 13.4. The first-order valence-electron chi connectivity index (χ1n) is 19.0. The van der Waals surface area contributed by atoms with Gasteiger partial charge in [-0.15, -0.1) is 0 Å². The van der Waals surface area contributed by atoms with Crippen molar-refractivity contribution in [3.63, 3.8) is 0 Å². The summed E-state index contributed by atoms with van der Waals surface area (Å²) in [5, 5.41) is 6.54. The zero-order valence-corrected chi connectivity index (χ0v) is 30.4. The van der Waals surface area contributed by atoms with E-state index in [2.05, 4.69) is 114 Å². The van der Waals surface area contributed by atoms with Gasteiger partial charge in [0.1, 0.15) is 22.3 Å². The molecule has 8 aromatic carbocycles. The van der Waals surface area contributed by atoms with Crippen LogP contribution < -0.4 is 0 Å². The maximum Gasteiger partial charge on any atom is 0.164 e. The van der Waals surface area contributed by atoms with E-state index in [-0.39, 0.29) is 0 Å². The van der Waals surface area contributed by atoms with Gasteiger partial charge in [-0.05, 0) is 48.0 Å². The molecule has 6 heteroatoms. The van der Waals surface area contributed by atoms with Crippen LogP contribution >= 0.6 is 0 Å². The lowest BCUT2D eigenvalue weighted by Gasteiger charge is -2.09. The van der Waals surface area contributed by atoms with Gasteiger partial charge in [0, 0.05) is 49.2 Å². The van der Waals surface area contributed by atoms with E-state index in [4.69, 9.17) is 23.8 Å². The van der Waals surface area contributed by atoms with Crippen molar-refractivity contribution in [1.82, 2.24) is 19.5 Å². The summed E-state index contributed by atoms with van der Waals surface area (Å²) in [7, 11) is 0. The smallest absolute Gasteiger partial charge is 0.164 e. The number of hydrogen-bond donors (Lipinski definition) is 0. The molecule has 57 heavy (non-hydrogen) atoms. The minimum Gasteiger partial charge on any atom is -0.456 e. The Balaban J connectivity index is 1.03. The highest BCUT2D eigenvalue weighted by molar-refractivity contribution is 6.17. The number of aromatic nitrogens is 4. The summed E-state index contributed by atoms with van der Waals surface area (Å²) in [4.78, 5) is 15.0. The number of benzene rings is 8. The third kappa shape index (κ3) is 4.87. The normalized spacial score (nSPS) is 11.9. The van der Waals surface area contributed by atoms with Crippen molar-refractivity contribution in [2.24, 2.45) is 0 Å². The van der Waals surface area contributed by atoms with E-state index >= 15 is 0 Å². The first-order chi connectivity index (χ1) is 28.3. The van der Waals surface area contributed by atoms with Gasteiger partial charge in [0.15, 0.2) is 17.5 Å². The standard InChI is InChI=1S/C51H30N4O2/c1-3-14-31(15-4-1)49-52-50(32-16-5-2-6-17-32)54-51(53-49)39-22-12-26-43-46(39)38-21-11-20-34(48(38)57-43)33-28-29-37-45(30-33)56-44-27-13-25-42(47(37)44)55-40-23-9-7-18-35(40)36-19-8-10-24-41(36)55/h1-30H. The van der Waals surface area contributed by atoms with Crippen LogP contribution in [0, 0.1) is 0 Å². The molecule has 0 spiro atoms. The summed E-state index contributed by atoms with van der Waals surface area (Å²) in [5.74, 6) is 1.82. The molecular formula is C51H30N4O2.